The van der Waals surface area contributed by atoms with Crippen LogP contribution < -0.4 is 5.32 Å². The second-order valence-corrected chi connectivity index (χ2v) is 8.56. The van der Waals surface area contributed by atoms with Crippen LogP contribution >= 0.6 is 0 Å². The van der Waals surface area contributed by atoms with Crippen molar-refractivity contribution in [3.8, 4) is 5.75 Å². The summed E-state index contributed by atoms with van der Waals surface area (Å²) in [4.78, 5) is 0. The van der Waals surface area contributed by atoms with Crippen molar-refractivity contribution in [3.63, 3.8) is 0 Å². The van der Waals surface area contributed by atoms with Crippen molar-refractivity contribution >= 4 is 9.84 Å². The lowest BCUT2D eigenvalue weighted by atomic mass is 9.85. The number of aryl methyl sites for hydroxylation is 1. The van der Waals surface area contributed by atoms with Gasteiger partial charge in [-0.05, 0) is 55.9 Å². The zero-order valence-corrected chi connectivity index (χ0v) is 12.5. The Morgan fingerprint density at radius 2 is 2.20 bits per heavy atom. The third-order valence-electron chi connectivity index (χ3n) is 4.47. The lowest BCUT2D eigenvalue weighted by Crippen LogP contribution is -2.46. The molecule has 2 unspecified atom stereocenters. The minimum Gasteiger partial charge on any atom is -0.508 e. The maximum Gasteiger partial charge on any atom is 0.152 e. The number of phenolic OH excluding ortho intramolecular Hbond substituents is 1. The van der Waals surface area contributed by atoms with Crippen LogP contribution in [-0.4, -0.2) is 30.6 Å². The lowest BCUT2D eigenvalue weighted by molar-refractivity contribution is 0.318. The van der Waals surface area contributed by atoms with Crippen molar-refractivity contribution in [3.05, 3.63) is 29.3 Å². The van der Waals surface area contributed by atoms with Crippen molar-refractivity contribution in [2.45, 2.75) is 44.2 Å². The SMILES string of the molecule is CC1(NC2CCCc3ccc(O)cc32)CCS(=O)(=O)C1. The molecule has 0 radical (unpaired) electrons. The van der Waals surface area contributed by atoms with E-state index in [1.54, 1.807) is 6.07 Å². The van der Waals surface area contributed by atoms with Crippen molar-refractivity contribution in [2.24, 2.45) is 0 Å². The summed E-state index contributed by atoms with van der Waals surface area (Å²) >= 11 is 0. The summed E-state index contributed by atoms with van der Waals surface area (Å²) < 4.78 is 23.4. The van der Waals surface area contributed by atoms with Crippen LogP contribution in [0.15, 0.2) is 18.2 Å². The lowest BCUT2D eigenvalue weighted by Gasteiger charge is -2.34. The molecule has 2 N–H and O–H groups in total. The smallest absolute Gasteiger partial charge is 0.152 e. The van der Waals surface area contributed by atoms with E-state index in [0.29, 0.717) is 6.42 Å². The Bertz CT molecular complexity index is 626. The van der Waals surface area contributed by atoms with Gasteiger partial charge >= 0.3 is 0 Å². The van der Waals surface area contributed by atoms with E-state index in [4.69, 9.17) is 0 Å². The Morgan fingerprint density at radius 3 is 2.90 bits per heavy atom. The Labute approximate surface area is 120 Å². The first-order chi connectivity index (χ1) is 9.37. The van der Waals surface area contributed by atoms with Gasteiger partial charge in [-0.15, -0.1) is 0 Å². The van der Waals surface area contributed by atoms with Gasteiger partial charge in [0.2, 0.25) is 0 Å². The highest BCUT2D eigenvalue weighted by Crippen LogP contribution is 2.35. The fourth-order valence-corrected chi connectivity index (χ4v) is 5.59. The molecule has 1 heterocycles. The number of phenols is 1. The molecule has 0 saturated carbocycles. The number of rotatable bonds is 2. The second-order valence-electron chi connectivity index (χ2n) is 6.37. The van der Waals surface area contributed by atoms with Crippen molar-refractivity contribution in [1.82, 2.24) is 5.32 Å². The van der Waals surface area contributed by atoms with Gasteiger partial charge in [-0.25, -0.2) is 8.42 Å². The van der Waals surface area contributed by atoms with E-state index >= 15 is 0 Å². The topological polar surface area (TPSA) is 66.4 Å². The Morgan fingerprint density at radius 1 is 1.40 bits per heavy atom. The zero-order valence-electron chi connectivity index (χ0n) is 11.7. The van der Waals surface area contributed by atoms with Crippen LogP contribution in [0.5, 0.6) is 5.75 Å². The van der Waals surface area contributed by atoms with Gasteiger partial charge in [0.25, 0.3) is 0 Å². The molecule has 0 aromatic heterocycles. The summed E-state index contributed by atoms with van der Waals surface area (Å²) in [6.45, 7) is 1.99. The molecule has 3 rings (SSSR count). The van der Waals surface area contributed by atoms with Crippen molar-refractivity contribution in [2.75, 3.05) is 11.5 Å². The molecular formula is C15H21NO3S. The maximum atomic E-state index is 11.7. The van der Waals surface area contributed by atoms with Crippen LogP contribution in [-0.2, 0) is 16.3 Å². The first-order valence-electron chi connectivity index (χ1n) is 7.17. The van der Waals surface area contributed by atoms with Crippen LogP contribution in [0.4, 0.5) is 0 Å². The van der Waals surface area contributed by atoms with E-state index in [-0.39, 0.29) is 28.8 Å². The molecule has 5 heteroatoms. The second kappa shape index (κ2) is 4.74. The first kappa shape index (κ1) is 13.9. The van der Waals surface area contributed by atoms with Crippen LogP contribution in [0, 0.1) is 0 Å². The standard InChI is InChI=1S/C15H21NO3S/c1-15(7-8-20(18,19)10-15)16-14-4-2-3-11-5-6-12(17)9-13(11)14/h5-6,9,14,16-17H,2-4,7-8,10H2,1H3. The number of nitrogens with one attached hydrogen (secondary N) is 1. The molecule has 1 saturated heterocycles. The Kier molecular flexibility index (Phi) is 3.29. The molecular weight excluding hydrogens is 274 g/mol. The number of benzene rings is 1. The molecule has 1 aliphatic carbocycles. The van der Waals surface area contributed by atoms with Crippen LogP contribution in [0.25, 0.3) is 0 Å². The average molecular weight is 295 g/mol. The minimum atomic E-state index is -2.90. The number of sulfone groups is 1. The van der Waals surface area contributed by atoms with E-state index < -0.39 is 9.84 Å². The first-order valence-corrected chi connectivity index (χ1v) is 8.99. The molecule has 0 amide bonds. The molecule has 20 heavy (non-hydrogen) atoms. The summed E-state index contributed by atoms with van der Waals surface area (Å²) in [6.07, 6.45) is 3.78. The molecule has 1 aromatic carbocycles. The van der Waals surface area contributed by atoms with E-state index in [0.717, 1.165) is 24.8 Å². The van der Waals surface area contributed by atoms with E-state index in [9.17, 15) is 13.5 Å². The largest absolute Gasteiger partial charge is 0.508 e. The molecule has 0 spiro atoms. The molecule has 1 fully saturated rings. The minimum absolute atomic E-state index is 0.143. The predicted octanol–water partition coefficient (Wildman–Crippen LogP) is 1.94. The Hall–Kier alpha value is -1.07. The van der Waals surface area contributed by atoms with Gasteiger partial charge in [-0.1, -0.05) is 6.07 Å². The fourth-order valence-electron chi connectivity index (χ4n) is 3.48. The molecule has 0 bridgehead atoms. The summed E-state index contributed by atoms with van der Waals surface area (Å²) in [5.74, 6) is 0.766. The maximum absolute atomic E-state index is 11.7. The fraction of sp³-hybridized carbons (Fsp3) is 0.600. The molecule has 2 atom stereocenters. The summed E-state index contributed by atoms with van der Waals surface area (Å²) in [5.41, 5.74) is 2.04. The molecule has 1 aromatic rings. The molecule has 4 nitrogen and oxygen atoms in total. The number of hydrogen-bond donors (Lipinski definition) is 2. The summed E-state index contributed by atoms with van der Waals surface area (Å²) in [5, 5.41) is 13.2. The van der Waals surface area contributed by atoms with Crippen LogP contribution in [0.1, 0.15) is 43.4 Å². The highest BCUT2D eigenvalue weighted by Gasteiger charge is 2.40. The van der Waals surface area contributed by atoms with Gasteiger partial charge in [-0.2, -0.15) is 0 Å². The van der Waals surface area contributed by atoms with Crippen molar-refractivity contribution < 1.29 is 13.5 Å². The number of fused-ring (bicyclic) bond motifs is 1. The number of hydrogen-bond acceptors (Lipinski definition) is 4. The quantitative estimate of drug-likeness (QED) is 0.875. The average Bonchev–Trinajstić information content (AvgIpc) is 2.64. The van der Waals surface area contributed by atoms with Gasteiger partial charge < -0.3 is 10.4 Å². The van der Waals surface area contributed by atoms with Gasteiger partial charge in [0.15, 0.2) is 9.84 Å². The highest BCUT2D eigenvalue weighted by molar-refractivity contribution is 7.91. The van der Waals surface area contributed by atoms with Gasteiger partial charge in [0, 0.05) is 11.6 Å². The molecule has 2 aliphatic rings. The zero-order chi connectivity index (χ0) is 14.4. The monoisotopic (exact) mass is 295 g/mol. The summed E-state index contributed by atoms with van der Waals surface area (Å²) in [7, 11) is -2.90. The van der Waals surface area contributed by atoms with Gasteiger partial charge in [0.05, 0.1) is 11.5 Å². The van der Waals surface area contributed by atoms with E-state index in [1.165, 1.54) is 5.56 Å². The molecule has 110 valence electrons. The van der Waals surface area contributed by atoms with E-state index in [1.807, 2.05) is 19.1 Å². The van der Waals surface area contributed by atoms with E-state index in [2.05, 4.69) is 5.32 Å². The third kappa shape index (κ3) is 2.69. The Balaban J connectivity index is 1.85. The van der Waals surface area contributed by atoms with Crippen LogP contribution in [0.3, 0.4) is 0 Å². The third-order valence-corrected chi connectivity index (χ3v) is 6.37. The number of aromatic hydroxyl groups is 1. The van der Waals surface area contributed by atoms with Crippen LogP contribution in [0.2, 0.25) is 0 Å². The summed E-state index contributed by atoms with van der Waals surface area (Å²) in [6, 6.07) is 5.66. The van der Waals surface area contributed by atoms with Gasteiger partial charge in [0.1, 0.15) is 5.75 Å². The van der Waals surface area contributed by atoms with Gasteiger partial charge in [-0.3, -0.25) is 0 Å². The predicted molar refractivity (Wildman–Crippen MR) is 78.6 cm³/mol. The highest BCUT2D eigenvalue weighted by atomic mass is 32.2. The van der Waals surface area contributed by atoms with Crippen molar-refractivity contribution in [1.29, 1.82) is 0 Å². The normalized spacial score (nSPS) is 31.9. The molecule has 1 aliphatic heterocycles.